The number of carbonyl (C=O) groups excluding carboxylic acids is 1. The van der Waals surface area contributed by atoms with E-state index in [-0.39, 0.29) is 12.1 Å². The van der Waals surface area contributed by atoms with E-state index in [1.54, 1.807) is 30.5 Å². The fourth-order valence-corrected chi connectivity index (χ4v) is 4.13. The van der Waals surface area contributed by atoms with Gasteiger partial charge in [-0.3, -0.25) is 0 Å². The summed E-state index contributed by atoms with van der Waals surface area (Å²) in [7, 11) is 1.35. The van der Waals surface area contributed by atoms with Gasteiger partial charge in [-0.15, -0.1) is 5.10 Å². The molecule has 0 unspecified atom stereocenters. The number of aromatic nitrogens is 2. The molecule has 0 amide bonds. The Labute approximate surface area is 157 Å². The lowest BCUT2D eigenvalue weighted by molar-refractivity contribution is -0.0231. The van der Waals surface area contributed by atoms with E-state index in [0.29, 0.717) is 29.6 Å². The van der Waals surface area contributed by atoms with Crippen molar-refractivity contribution in [3.8, 4) is 5.75 Å². The van der Waals surface area contributed by atoms with Gasteiger partial charge >= 0.3 is 5.97 Å². The van der Waals surface area contributed by atoms with E-state index in [0.717, 1.165) is 25.3 Å². The van der Waals surface area contributed by atoms with E-state index < -0.39 is 6.10 Å². The number of rotatable bonds is 4. The zero-order valence-corrected chi connectivity index (χ0v) is 15.2. The number of nitrogens with zero attached hydrogens (tertiary/aromatic N) is 3. The molecule has 1 aromatic heterocycles. The summed E-state index contributed by atoms with van der Waals surface area (Å²) in [6.07, 6.45) is 2.42. The van der Waals surface area contributed by atoms with E-state index in [1.807, 2.05) is 12.1 Å². The van der Waals surface area contributed by atoms with Gasteiger partial charge in [0, 0.05) is 19.3 Å². The molecule has 0 radical (unpaired) electrons. The van der Waals surface area contributed by atoms with E-state index in [4.69, 9.17) is 9.47 Å². The minimum Gasteiger partial charge on any atom is -0.488 e. The number of esters is 1. The average Bonchev–Trinajstić information content (AvgIpc) is 3.11. The second-order valence-electron chi connectivity index (χ2n) is 7.22. The Morgan fingerprint density at radius 1 is 1.15 bits per heavy atom. The van der Waals surface area contributed by atoms with Gasteiger partial charge in [-0.25, -0.2) is 4.79 Å². The Balaban J connectivity index is 1.40. The van der Waals surface area contributed by atoms with Crippen molar-refractivity contribution in [2.24, 2.45) is 11.8 Å². The molecule has 4 atom stereocenters. The Morgan fingerprint density at radius 3 is 2.56 bits per heavy atom. The first kappa shape index (κ1) is 17.7. The highest BCUT2D eigenvalue weighted by Gasteiger charge is 2.43. The van der Waals surface area contributed by atoms with Crippen molar-refractivity contribution >= 4 is 11.8 Å². The molecule has 1 saturated heterocycles. The van der Waals surface area contributed by atoms with Crippen LogP contribution in [0.3, 0.4) is 0 Å². The van der Waals surface area contributed by atoms with Gasteiger partial charge in [0.15, 0.2) is 5.82 Å². The second kappa shape index (κ2) is 7.52. The zero-order valence-electron chi connectivity index (χ0n) is 15.2. The summed E-state index contributed by atoms with van der Waals surface area (Å²) in [4.78, 5) is 13.8. The lowest BCUT2D eigenvalue weighted by Crippen LogP contribution is -2.42. The number of benzene rings is 1. The summed E-state index contributed by atoms with van der Waals surface area (Å²) in [5, 5.41) is 18.7. The van der Waals surface area contributed by atoms with Gasteiger partial charge in [0.1, 0.15) is 11.9 Å². The first-order valence-corrected chi connectivity index (χ1v) is 9.20. The quantitative estimate of drug-likeness (QED) is 0.824. The van der Waals surface area contributed by atoms with Crippen molar-refractivity contribution in [3.05, 3.63) is 48.2 Å². The normalized spacial score (nSPS) is 27.1. The average molecular weight is 369 g/mol. The number of aliphatic hydroxyl groups excluding tert-OH is 1. The zero-order chi connectivity index (χ0) is 18.8. The maximum atomic E-state index is 11.5. The number of hydrogen-bond donors (Lipinski definition) is 1. The molecular formula is C20H23N3O4. The van der Waals surface area contributed by atoms with Gasteiger partial charge in [0.25, 0.3) is 0 Å². The lowest BCUT2D eigenvalue weighted by Gasteiger charge is -2.35. The molecule has 1 aromatic carbocycles. The molecular weight excluding hydrogens is 346 g/mol. The molecule has 0 spiro atoms. The van der Waals surface area contributed by atoms with Crippen molar-refractivity contribution in [2.75, 3.05) is 25.1 Å². The molecule has 1 saturated carbocycles. The monoisotopic (exact) mass is 369 g/mol. The maximum absolute atomic E-state index is 11.5. The minimum absolute atomic E-state index is 0.253. The van der Waals surface area contributed by atoms with Crippen LogP contribution in [0.4, 0.5) is 5.82 Å². The molecule has 2 aliphatic rings. The van der Waals surface area contributed by atoms with Gasteiger partial charge in [0.05, 0.1) is 18.8 Å². The smallest absolute Gasteiger partial charge is 0.337 e. The first-order chi connectivity index (χ1) is 13.1. The molecule has 1 aliphatic heterocycles. The van der Waals surface area contributed by atoms with Crippen LogP contribution in [0.1, 0.15) is 23.2 Å². The summed E-state index contributed by atoms with van der Waals surface area (Å²) >= 11 is 0. The number of hydrogen-bond acceptors (Lipinski definition) is 7. The summed E-state index contributed by atoms with van der Waals surface area (Å²) in [5.41, 5.74) is 0.476. The number of aliphatic hydroxyl groups is 1. The Kier molecular flexibility index (Phi) is 4.94. The van der Waals surface area contributed by atoms with Crippen LogP contribution in [-0.4, -0.2) is 53.7 Å². The van der Waals surface area contributed by atoms with Gasteiger partial charge in [0.2, 0.25) is 0 Å². The van der Waals surface area contributed by atoms with Crippen LogP contribution in [0.25, 0.3) is 0 Å². The topological polar surface area (TPSA) is 84.8 Å². The number of fused-ring (bicyclic) bond motifs is 1. The number of anilines is 1. The van der Waals surface area contributed by atoms with Gasteiger partial charge in [-0.2, -0.15) is 5.10 Å². The van der Waals surface area contributed by atoms with Crippen molar-refractivity contribution in [2.45, 2.75) is 25.0 Å². The third-order valence-electron chi connectivity index (χ3n) is 5.53. The number of ether oxygens (including phenoxy) is 2. The molecule has 2 heterocycles. The van der Waals surface area contributed by atoms with Crippen LogP contribution in [0.2, 0.25) is 0 Å². The Hall–Kier alpha value is -2.67. The highest BCUT2D eigenvalue weighted by atomic mass is 16.5. The highest BCUT2D eigenvalue weighted by Crippen LogP contribution is 2.39. The fourth-order valence-electron chi connectivity index (χ4n) is 4.13. The van der Waals surface area contributed by atoms with E-state index in [9.17, 15) is 9.90 Å². The van der Waals surface area contributed by atoms with Crippen LogP contribution in [0, 0.1) is 11.8 Å². The number of methoxy groups -OCH3 is 1. The van der Waals surface area contributed by atoms with Crippen LogP contribution in [0.5, 0.6) is 5.75 Å². The predicted molar refractivity (Wildman–Crippen MR) is 98.7 cm³/mol. The van der Waals surface area contributed by atoms with Gasteiger partial charge < -0.3 is 19.5 Å². The summed E-state index contributed by atoms with van der Waals surface area (Å²) in [5.74, 6) is 2.04. The molecule has 142 valence electrons. The van der Waals surface area contributed by atoms with Crippen molar-refractivity contribution in [3.63, 3.8) is 0 Å². The maximum Gasteiger partial charge on any atom is 0.337 e. The van der Waals surface area contributed by atoms with Crippen molar-refractivity contribution in [1.29, 1.82) is 0 Å². The molecule has 7 nitrogen and oxygen atoms in total. The summed E-state index contributed by atoms with van der Waals surface area (Å²) in [6, 6.07) is 10.7. The highest BCUT2D eigenvalue weighted by molar-refractivity contribution is 5.89. The van der Waals surface area contributed by atoms with Crippen LogP contribution in [-0.2, 0) is 4.74 Å². The van der Waals surface area contributed by atoms with Gasteiger partial charge in [-0.1, -0.05) is 0 Å². The standard InChI is InChI=1S/C20H23N3O4/c1-26-20(25)13-4-6-16(7-5-13)27-18-10-15-12-23(11-14(15)9-17(18)24)19-3-2-8-21-22-19/h2-8,14-15,17-18,24H,9-12H2,1H3/t14-,15+,17+,18+/m0/s1. The second-order valence-corrected chi connectivity index (χ2v) is 7.22. The van der Waals surface area contributed by atoms with Gasteiger partial charge in [-0.05, 0) is 61.1 Å². The van der Waals surface area contributed by atoms with Crippen LogP contribution < -0.4 is 9.64 Å². The number of carbonyl (C=O) groups is 1. The summed E-state index contributed by atoms with van der Waals surface area (Å²) < 4.78 is 10.7. The predicted octanol–water partition coefficient (Wildman–Crippen LogP) is 1.92. The molecule has 1 aliphatic carbocycles. The molecule has 4 rings (SSSR count). The lowest BCUT2D eigenvalue weighted by atomic mass is 9.78. The molecule has 2 aromatic rings. The first-order valence-electron chi connectivity index (χ1n) is 9.20. The molecule has 2 fully saturated rings. The Bertz CT molecular complexity index is 784. The van der Waals surface area contributed by atoms with Crippen LogP contribution in [0.15, 0.2) is 42.6 Å². The van der Waals surface area contributed by atoms with Crippen molar-refractivity contribution < 1.29 is 19.4 Å². The summed E-state index contributed by atoms with van der Waals surface area (Å²) in [6.45, 7) is 1.79. The third-order valence-corrected chi connectivity index (χ3v) is 5.53. The minimum atomic E-state index is -0.506. The largest absolute Gasteiger partial charge is 0.488 e. The molecule has 1 N–H and O–H groups in total. The molecule has 0 bridgehead atoms. The molecule has 27 heavy (non-hydrogen) atoms. The molecule has 7 heteroatoms. The van der Waals surface area contributed by atoms with E-state index in [1.165, 1.54) is 7.11 Å². The SMILES string of the molecule is COC(=O)c1ccc(O[C@@H]2C[C@@H]3CN(c4cccnn4)C[C@@H]3C[C@H]2O)cc1. The fraction of sp³-hybridized carbons (Fsp3) is 0.450. The van der Waals surface area contributed by atoms with E-state index >= 15 is 0 Å². The third kappa shape index (κ3) is 3.73. The van der Waals surface area contributed by atoms with E-state index in [2.05, 4.69) is 15.1 Å². The Morgan fingerprint density at radius 2 is 1.89 bits per heavy atom. The van der Waals surface area contributed by atoms with Crippen LogP contribution >= 0.6 is 0 Å². The van der Waals surface area contributed by atoms with Crippen molar-refractivity contribution in [1.82, 2.24) is 10.2 Å².